The molecule has 172 valence electrons. The van der Waals surface area contributed by atoms with Crippen molar-refractivity contribution in [3.05, 3.63) is 107 Å². The highest BCUT2D eigenvalue weighted by molar-refractivity contribution is 5.98. The van der Waals surface area contributed by atoms with Crippen LogP contribution < -0.4 is 0 Å². The zero-order valence-electron chi connectivity index (χ0n) is 18.5. The number of carbonyl (C=O) groups excluding carboxylic acids is 1. The predicted molar refractivity (Wildman–Crippen MR) is 124 cm³/mol. The SMILES string of the molecule is O=C(c1ccccc1F)C1CCN(CCCC(c2ccc(F)cc2)c2ccc(F)cc2)CC1. The molecule has 0 amide bonds. The highest BCUT2D eigenvalue weighted by Gasteiger charge is 2.27. The van der Waals surface area contributed by atoms with Crippen LogP contribution in [0.4, 0.5) is 13.2 Å². The number of benzene rings is 3. The lowest BCUT2D eigenvalue weighted by Crippen LogP contribution is -2.37. The molecule has 0 aliphatic carbocycles. The molecule has 0 bridgehead atoms. The zero-order chi connectivity index (χ0) is 23.2. The third-order valence-corrected chi connectivity index (χ3v) is 6.61. The number of likely N-dealkylation sites (tertiary alicyclic amines) is 1. The van der Waals surface area contributed by atoms with E-state index in [2.05, 4.69) is 4.90 Å². The third-order valence-electron chi connectivity index (χ3n) is 6.61. The van der Waals surface area contributed by atoms with Crippen LogP contribution in [0.1, 0.15) is 53.1 Å². The third kappa shape index (κ3) is 5.91. The maximum Gasteiger partial charge on any atom is 0.168 e. The van der Waals surface area contributed by atoms with Crippen LogP contribution in [0.3, 0.4) is 0 Å². The van der Waals surface area contributed by atoms with Gasteiger partial charge >= 0.3 is 0 Å². The lowest BCUT2D eigenvalue weighted by molar-refractivity contribution is 0.0834. The van der Waals surface area contributed by atoms with Crippen molar-refractivity contribution >= 4 is 5.78 Å². The molecule has 3 aromatic carbocycles. The summed E-state index contributed by atoms with van der Waals surface area (Å²) in [5.41, 5.74) is 2.21. The fourth-order valence-corrected chi connectivity index (χ4v) is 4.73. The van der Waals surface area contributed by atoms with Crippen molar-refractivity contribution in [1.29, 1.82) is 0 Å². The molecule has 0 atom stereocenters. The minimum atomic E-state index is -0.447. The summed E-state index contributed by atoms with van der Waals surface area (Å²) in [5, 5.41) is 0. The minimum Gasteiger partial charge on any atom is -0.303 e. The van der Waals surface area contributed by atoms with Gasteiger partial charge in [-0.2, -0.15) is 0 Å². The van der Waals surface area contributed by atoms with Gasteiger partial charge in [0.2, 0.25) is 0 Å². The van der Waals surface area contributed by atoms with Gasteiger partial charge in [-0.1, -0.05) is 36.4 Å². The monoisotopic (exact) mass is 451 g/mol. The molecule has 0 saturated carbocycles. The Balaban J connectivity index is 1.32. The second-order valence-corrected chi connectivity index (χ2v) is 8.76. The molecule has 0 aromatic heterocycles. The Hall–Kier alpha value is -2.92. The Kier molecular flexibility index (Phi) is 7.61. The van der Waals surface area contributed by atoms with E-state index in [4.69, 9.17) is 0 Å². The Morgan fingerprint density at radius 3 is 1.91 bits per heavy atom. The number of ketones is 1. The highest BCUT2D eigenvalue weighted by atomic mass is 19.1. The molecular formula is C28H28F3NO. The number of Topliss-reactive ketones (excluding diaryl/α,β-unsaturated/α-hetero) is 1. The Morgan fingerprint density at radius 1 is 0.818 bits per heavy atom. The van der Waals surface area contributed by atoms with Crippen LogP contribution in [-0.4, -0.2) is 30.3 Å². The van der Waals surface area contributed by atoms with Gasteiger partial charge in [0.25, 0.3) is 0 Å². The fourth-order valence-electron chi connectivity index (χ4n) is 4.73. The molecule has 0 N–H and O–H groups in total. The van der Waals surface area contributed by atoms with E-state index in [1.807, 2.05) is 0 Å². The molecule has 1 heterocycles. The van der Waals surface area contributed by atoms with E-state index in [0.717, 1.165) is 56.4 Å². The van der Waals surface area contributed by atoms with E-state index >= 15 is 0 Å². The molecule has 0 radical (unpaired) electrons. The summed E-state index contributed by atoms with van der Waals surface area (Å²) in [7, 11) is 0. The predicted octanol–water partition coefficient (Wildman–Crippen LogP) is 6.61. The summed E-state index contributed by atoms with van der Waals surface area (Å²) in [6.07, 6.45) is 3.23. The molecule has 1 saturated heterocycles. The van der Waals surface area contributed by atoms with Gasteiger partial charge in [0, 0.05) is 11.8 Å². The van der Waals surface area contributed by atoms with Crippen molar-refractivity contribution in [2.45, 2.75) is 31.6 Å². The maximum absolute atomic E-state index is 14.0. The Bertz CT molecular complexity index is 1010. The second kappa shape index (κ2) is 10.8. The Morgan fingerprint density at radius 2 is 1.36 bits per heavy atom. The average Bonchev–Trinajstić information content (AvgIpc) is 2.84. The van der Waals surface area contributed by atoms with Crippen LogP contribution in [0.15, 0.2) is 72.8 Å². The van der Waals surface area contributed by atoms with Gasteiger partial charge < -0.3 is 4.90 Å². The molecular weight excluding hydrogens is 423 g/mol. The van der Waals surface area contributed by atoms with Gasteiger partial charge in [-0.05, 0) is 92.8 Å². The van der Waals surface area contributed by atoms with E-state index in [9.17, 15) is 18.0 Å². The van der Waals surface area contributed by atoms with Crippen LogP contribution in [0.25, 0.3) is 0 Å². The number of carbonyl (C=O) groups is 1. The molecule has 5 heteroatoms. The minimum absolute atomic E-state index is 0.0615. The summed E-state index contributed by atoms with van der Waals surface area (Å²) < 4.78 is 40.8. The highest BCUT2D eigenvalue weighted by Crippen LogP contribution is 2.30. The molecule has 0 unspecified atom stereocenters. The van der Waals surface area contributed by atoms with Gasteiger partial charge in [0.1, 0.15) is 17.5 Å². The molecule has 0 spiro atoms. The van der Waals surface area contributed by atoms with Crippen LogP contribution in [-0.2, 0) is 0 Å². The summed E-state index contributed by atoms with van der Waals surface area (Å²) >= 11 is 0. The van der Waals surface area contributed by atoms with Crippen molar-refractivity contribution in [2.75, 3.05) is 19.6 Å². The second-order valence-electron chi connectivity index (χ2n) is 8.76. The maximum atomic E-state index is 14.0. The first-order valence-corrected chi connectivity index (χ1v) is 11.5. The van der Waals surface area contributed by atoms with Crippen molar-refractivity contribution < 1.29 is 18.0 Å². The van der Waals surface area contributed by atoms with E-state index < -0.39 is 5.82 Å². The average molecular weight is 452 g/mol. The number of hydrogen-bond acceptors (Lipinski definition) is 2. The quantitative estimate of drug-likeness (QED) is 0.359. The molecule has 3 aromatic rings. The normalized spacial score (nSPS) is 15.2. The van der Waals surface area contributed by atoms with Gasteiger partial charge in [-0.25, -0.2) is 13.2 Å². The number of hydrogen-bond donors (Lipinski definition) is 0. The van der Waals surface area contributed by atoms with Crippen molar-refractivity contribution in [3.8, 4) is 0 Å². The summed E-state index contributed by atoms with van der Waals surface area (Å²) in [6.45, 7) is 2.50. The van der Waals surface area contributed by atoms with E-state index in [-0.39, 0.29) is 34.8 Å². The first kappa shape index (κ1) is 23.2. The van der Waals surface area contributed by atoms with Gasteiger partial charge in [0.05, 0.1) is 5.56 Å². The number of rotatable bonds is 8. The molecule has 1 aliphatic heterocycles. The number of halogens is 3. The topological polar surface area (TPSA) is 20.3 Å². The smallest absolute Gasteiger partial charge is 0.168 e. The lowest BCUT2D eigenvalue weighted by Gasteiger charge is -2.31. The van der Waals surface area contributed by atoms with Gasteiger partial charge in [-0.3, -0.25) is 4.79 Å². The zero-order valence-corrected chi connectivity index (χ0v) is 18.5. The summed E-state index contributed by atoms with van der Waals surface area (Å²) in [5.74, 6) is -1.16. The molecule has 1 fully saturated rings. The lowest BCUT2D eigenvalue weighted by atomic mass is 9.86. The molecule has 33 heavy (non-hydrogen) atoms. The van der Waals surface area contributed by atoms with Gasteiger partial charge in [0.15, 0.2) is 5.78 Å². The van der Waals surface area contributed by atoms with Crippen LogP contribution >= 0.6 is 0 Å². The van der Waals surface area contributed by atoms with Crippen molar-refractivity contribution in [1.82, 2.24) is 4.90 Å². The van der Waals surface area contributed by atoms with Crippen molar-refractivity contribution in [3.63, 3.8) is 0 Å². The number of piperidine rings is 1. The molecule has 4 rings (SSSR count). The van der Waals surface area contributed by atoms with E-state index in [1.54, 1.807) is 42.5 Å². The van der Waals surface area contributed by atoms with E-state index in [0.29, 0.717) is 0 Å². The molecule has 2 nitrogen and oxygen atoms in total. The van der Waals surface area contributed by atoms with E-state index in [1.165, 1.54) is 30.3 Å². The van der Waals surface area contributed by atoms with Crippen molar-refractivity contribution in [2.24, 2.45) is 5.92 Å². The first-order valence-electron chi connectivity index (χ1n) is 11.5. The molecule has 1 aliphatic rings. The summed E-state index contributed by atoms with van der Waals surface area (Å²) in [6, 6.07) is 19.2. The Labute approximate surface area is 193 Å². The number of nitrogens with zero attached hydrogens (tertiary/aromatic N) is 1. The van der Waals surface area contributed by atoms with Crippen LogP contribution in [0.5, 0.6) is 0 Å². The van der Waals surface area contributed by atoms with Gasteiger partial charge in [-0.15, -0.1) is 0 Å². The fraction of sp³-hybridized carbons (Fsp3) is 0.321. The van der Waals surface area contributed by atoms with Crippen LogP contribution in [0, 0.1) is 23.4 Å². The largest absolute Gasteiger partial charge is 0.303 e. The first-order chi connectivity index (χ1) is 16.0. The summed E-state index contributed by atoms with van der Waals surface area (Å²) in [4.78, 5) is 15.0. The van der Waals surface area contributed by atoms with Crippen LogP contribution in [0.2, 0.25) is 0 Å². The standard InChI is InChI=1S/C28H28F3NO/c29-23-11-7-20(8-12-23)25(21-9-13-24(30)14-10-21)5-3-17-32-18-15-22(16-19-32)28(33)26-4-1-2-6-27(26)31/h1-2,4,6-14,22,25H,3,5,15-19H2.